The normalized spacial score (nSPS) is 16.4. The van der Waals surface area contributed by atoms with Gasteiger partial charge in [-0.25, -0.2) is 0 Å². The number of guanidine groups is 1. The summed E-state index contributed by atoms with van der Waals surface area (Å²) >= 11 is 5.90. The zero-order valence-corrected chi connectivity index (χ0v) is 11.2. The van der Waals surface area contributed by atoms with E-state index in [1.165, 1.54) is 0 Å². The number of halogens is 1. The second kappa shape index (κ2) is 6.50. The summed E-state index contributed by atoms with van der Waals surface area (Å²) in [5, 5.41) is 7.13. The quantitative estimate of drug-likeness (QED) is 0.878. The summed E-state index contributed by atoms with van der Waals surface area (Å²) in [4.78, 5) is 4.34. The Morgan fingerprint density at radius 2 is 2.44 bits per heavy atom. The molecule has 4 nitrogen and oxygen atoms in total. The van der Waals surface area contributed by atoms with Gasteiger partial charge in [-0.05, 0) is 31.5 Å². The van der Waals surface area contributed by atoms with Gasteiger partial charge in [0.05, 0.1) is 6.54 Å². The SMILES string of the molecule is CC(CNC1=NCCCN1)Oc1cccc(Cl)c1. The third-order valence-electron chi connectivity index (χ3n) is 2.59. The van der Waals surface area contributed by atoms with Crippen LogP contribution in [0, 0.1) is 0 Å². The fraction of sp³-hybridized carbons (Fsp3) is 0.462. The molecule has 1 heterocycles. The van der Waals surface area contributed by atoms with Crippen LogP contribution in [0.5, 0.6) is 5.75 Å². The summed E-state index contributed by atoms with van der Waals surface area (Å²) in [5.74, 6) is 1.65. The van der Waals surface area contributed by atoms with Crippen molar-refractivity contribution in [3.63, 3.8) is 0 Å². The first-order chi connectivity index (χ1) is 8.74. The highest BCUT2D eigenvalue weighted by atomic mass is 35.5. The fourth-order valence-corrected chi connectivity index (χ4v) is 1.89. The van der Waals surface area contributed by atoms with E-state index in [0.717, 1.165) is 31.2 Å². The molecule has 0 aliphatic carbocycles. The van der Waals surface area contributed by atoms with E-state index >= 15 is 0 Å². The number of hydrogen-bond donors (Lipinski definition) is 2. The Balaban J connectivity index is 1.78. The molecule has 1 aromatic carbocycles. The Labute approximate surface area is 112 Å². The minimum atomic E-state index is 0.0508. The molecule has 1 atom stereocenters. The third kappa shape index (κ3) is 4.11. The summed E-state index contributed by atoms with van der Waals surface area (Å²) in [6.07, 6.45) is 1.15. The van der Waals surface area contributed by atoms with E-state index in [2.05, 4.69) is 15.6 Å². The van der Waals surface area contributed by atoms with Crippen molar-refractivity contribution < 1.29 is 4.74 Å². The summed E-state index contributed by atoms with van der Waals surface area (Å²) < 4.78 is 5.76. The number of nitrogens with one attached hydrogen (secondary N) is 2. The van der Waals surface area contributed by atoms with E-state index in [0.29, 0.717) is 11.6 Å². The fourth-order valence-electron chi connectivity index (χ4n) is 1.71. The molecular formula is C13H18ClN3O. The lowest BCUT2D eigenvalue weighted by atomic mass is 10.3. The van der Waals surface area contributed by atoms with Crippen molar-refractivity contribution in [1.29, 1.82) is 0 Å². The van der Waals surface area contributed by atoms with E-state index in [9.17, 15) is 0 Å². The summed E-state index contributed by atoms with van der Waals surface area (Å²) in [5.41, 5.74) is 0. The molecule has 98 valence electrons. The predicted octanol–water partition coefficient (Wildman–Crippen LogP) is 2.05. The summed E-state index contributed by atoms with van der Waals surface area (Å²) in [6, 6.07) is 7.43. The van der Waals surface area contributed by atoms with Crippen molar-refractivity contribution in [1.82, 2.24) is 10.6 Å². The average Bonchev–Trinajstić information content (AvgIpc) is 2.38. The second-order valence-corrected chi connectivity index (χ2v) is 4.71. The molecule has 0 saturated carbocycles. The molecule has 0 bridgehead atoms. The topological polar surface area (TPSA) is 45.7 Å². The molecular weight excluding hydrogens is 250 g/mol. The van der Waals surface area contributed by atoms with Crippen LogP contribution in [0.1, 0.15) is 13.3 Å². The number of rotatable bonds is 4. The standard InChI is InChI=1S/C13H18ClN3O/c1-10(9-17-13-15-6-3-7-16-13)18-12-5-2-4-11(14)8-12/h2,4-5,8,10H,3,6-7,9H2,1H3,(H2,15,16,17). The van der Waals surface area contributed by atoms with Gasteiger partial charge in [0.25, 0.3) is 0 Å². The Hall–Kier alpha value is -1.42. The van der Waals surface area contributed by atoms with E-state index in [1.54, 1.807) is 0 Å². The smallest absolute Gasteiger partial charge is 0.191 e. The van der Waals surface area contributed by atoms with Gasteiger partial charge in [0.15, 0.2) is 5.96 Å². The third-order valence-corrected chi connectivity index (χ3v) is 2.82. The first-order valence-corrected chi connectivity index (χ1v) is 6.56. The molecule has 1 unspecified atom stereocenters. The number of hydrogen-bond acceptors (Lipinski definition) is 4. The number of nitrogens with zero attached hydrogens (tertiary/aromatic N) is 1. The first-order valence-electron chi connectivity index (χ1n) is 6.18. The highest BCUT2D eigenvalue weighted by Gasteiger charge is 2.07. The van der Waals surface area contributed by atoms with Crippen molar-refractivity contribution in [2.75, 3.05) is 19.6 Å². The second-order valence-electron chi connectivity index (χ2n) is 4.28. The van der Waals surface area contributed by atoms with Crippen LogP contribution in [0.4, 0.5) is 0 Å². The van der Waals surface area contributed by atoms with Gasteiger partial charge in [-0.15, -0.1) is 0 Å². The van der Waals surface area contributed by atoms with Crippen LogP contribution >= 0.6 is 11.6 Å². The van der Waals surface area contributed by atoms with Gasteiger partial charge in [0.1, 0.15) is 11.9 Å². The Kier molecular flexibility index (Phi) is 4.70. The van der Waals surface area contributed by atoms with Gasteiger partial charge >= 0.3 is 0 Å². The zero-order chi connectivity index (χ0) is 12.8. The van der Waals surface area contributed by atoms with Crippen LogP contribution in [0.3, 0.4) is 0 Å². The highest BCUT2D eigenvalue weighted by molar-refractivity contribution is 6.30. The van der Waals surface area contributed by atoms with E-state index in [-0.39, 0.29) is 6.10 Å². The maximum Gasteiger partial charge on any atom is 0.191 e. The number of ether oxygens (including phenoxy) is 1. The molecule has 2 N–H and O–H groups in total. The van der Waals surface area contributed by atoms with Crippen LogP contribution in [0.15, 0.2) is 29.3 Å². The molecule has 0 spiro atoms. The average molecular weight is 268 g/mol. The Bertz CT molecular complexity index is 422. The first kappa shape index (κ1) is 13.0. The van der Waals surface area contributed by atoms with Crippen molar-refractivity contribution >= 4 is 17.6 Å². The maximum absolute atomic E-state index is 5.90. The summed E-state index contributed by atoms with van der Waals surface area (Å²) in [7, 11) is 0. The molecule has 0 saturated heterocycles. The predicted molar refractivity (Wildman–Crippen MR) is 74.5 cm³/mol. The molecule has 1 aliphatic rings. The van der Waals surface area contributed by atoms with E-state index in [1.807, 2.05) is 31.2 Å². The minimum absolute atomic E-state index is 0.0508. The van der Waals surface area contributed by atoms with Crippen molar-refractivity contribution in [2.45, 2.75) is 19.4 Å². The van der Waals surface area contributed by atoms with Crippen molar-refractivity contribution in [3.8, 4) is 5.75 Å². The Morgan fingerprint density at radius 1 is 1.56 bits per heavy atom. The van der Waals surface area contributed by atoms with E-state index < -0.39 is 0 Å². The van der Waals surface area contributed by atoms with Gasteiger partial charge < -0.3 is 15.4 Å². The van der Waals surface area contributed by atoms with Crippen LogP contribution < -0.4 is 15.4 Å². The van der Waals surface area contributed by atoms with E-state index in [4.69, 9.17) is 16.3 Å². The van der Waals surface area contributed by atoms with Crippen LogP contribution in [0.2, 0.25) is 5.02 Å². The summed E-state index contributed by atoms with van der Waals surface area (Å²) in [6.45, 7) is 4.59. The Morgan fingerprint density at radius 3 is 3.17 bits per heavy atom. The molecule has 0 aromatic heterocycles. The molecule has 0 fully saturated rings. The monoisotopic (exact) mass is 267 g/mol. The highest BCUT2D eigenvalue weighted by Crippen LogP contribution is 2.18. The van der Waals surface area contributed by atoms with Gasteiger partial charge in [-0.2, -0.15) is 0 Å². The number of benzene rings is 1. The molecule has 1 aromatic rings. The lowest BCUT2D eigenvalue weighted by Gasteiger charge is -2.19. The molecule has 18 heavy (non-hydrogen) atoms. The largest absolute Gasteiger partial charge is 0.489 e. The van der Waals surface area contributed by atoms with Crippen LogP contribution in [-0.2, 0) is 0 Å². The van der Waals surface area contributed by atoms with Crippen molar-refractivity contribution in [3.05, 3.63) is 29.3 Å². The molecule has 5 heteroatoms. The molecule has 0 amide bonds. The molecule has 2 rings (SSSR count). The van der Waals surface area contributed by atoms with Gasteiger partial charge in [0, 0.05) is 18.1 Å². The maximum atomic E-state index is 5.90. The molecule has 0 radical (unpaired) electrons. The number of aliphatic imine (C=N–C) groups is 1. The zero-order valence-electron chi connectivity index (χ0n) is 10.4. The molecule has 1 aliphatic heterocycles. The van der Waals surface area contributed by atoms with Gasteiger partial charge in [-0.3, -0.25) is 4.99 Å². The van der Waals surface area contributed by atoms with Gasteiger partial charge in [0.2, 0.25) is 0 Å². The lowest BCUT2D eigenvalue weighted by molar-refractivity contribution is 0.223. The van der Waals surface area contributed by atoms with Crippen LogP contribution in [-0.4, -0.2) is 31.7 Å². The van der Waals surface area contributed by atoms with Gasteiger partial charge in [-0.1, -0.05) is 17.7 Å². The minimum Gasteiger partial charge on any atom is -0.489 e. The lowest BCUT2D eigenvalue weighted by Crippen LogP contribution is -2.44. The van der Waals surface area contributed by atoms with Crippen LogP contribution in [0.25, 0.3) is 0 Å². The van der Waals surface area contributed by atoms with Crippen molar-refractivity contribution in [2.24, 2.45) is 4.99 Å².